The quantitative estimate of drug-likeness (QED) is 0.450. The Labute approximate surface area is 139 Å². The molecule has 0 aromatic heterocycles. The average molecular weight is 337 g/mol. The normalized spacial score (nSPS) is 16.4. The van der Waals surface area contributed by atoms with Crippen molar-refractivity contribution in [3.05, 3.63) is 35.1 Å². The van der Waals surface area contributed by atoms with Gasteiger partial charge in [0, 0.05) is 12.2 Å². The zero-order valence-electron chi connectivity index (χ0n) is 13.0. The van der Waals surface area contributed by atoms with Crippen LogP contribution in [0.25, 0.3) is 0 Å². The number of unbranched alkanes of at least 4 members (excludes halogenated alkanes) is 2. The van der Waals surface area contributed by atoms with Crippen molar-refractivity contribution in [1.82, 2.24) is 5.32 Å². The van der Waals surface area contributed by atoms with E-state index < -0.39 is 0 Å². The second-order valence-electron chi connectivity index (χ2n) is 5.09. The van der Waals surface area contributed by atoms with E-state index in [-0.39, 0.29) is 11.7 Å². The number of rotatable bonds is 8. The van der Waals surface area contributed by atoms with Crippen LogP contribution in [-0.4, -0.2) is 29.6 Å². The third kappa shape index (κ3) is 6.11. The van der Waals surface area contributed by atoms with Crippen LogP contribution in [0.4, 0.5) is 4.39 Å². The van der Waals surface area contributed by atoms with Gasteiger partial charge in [-0.25, -0.2) is 4.39 Å². The Morgan fingerprint density at radius 1 is 1.43 bits per heavy atom. The Morgan fingerprint density at radius 2 is 2.30 bits per heavy atom. The highest BCUT2D eigenvalue weighted by Crippen LogP contribution is 2.13. The fourth-order valence-electron chi connectivity index (χ4n) is 1.98. The Kier molecular flexibility index (Phi) is 7.22. The molecule has 1 N–H and O–H groups in total. The van der Waals surface area contributed by atoms with Gasteiger partial charge in [0.05, 0.1) is 18.6 Å². The highest BCUT2D eigenvalue weighted by molar-refractivity contribution is 8.15. The molecular weight excluding hydrogens is 317 g/mol. The van der Waals surface area contributed by atoms with Crippen LogP contribution in [0, 0.1) is 5.82 Å². The van der Waals surface area contributed by atoms with Gasteiger partial charge < -0.3 is 10.1 Å². The first-order valence-electron chi connectivity index (χ1n) is 7.59. The summed E-state index contributed by atoms with van der Waals surface area (Å²) in [5, 5.41) is 11.0. The monoisotopic (exact) mass is 337 g/mol. The Bertz CT molecular complexity index is 605. The summed E-state index contributed by atoms with van der Waals surface area (Å²) in [7, 11) is 0. The number of hydrogen-bond acceptors (Lipinski definition) is 5. The van der Waals surface area contributed by atoms with Gasteiger partial charge in [-0.05, 0) is 24.1 Å². The molecule has 124 valence electrons. The van der Waals surface area contributed by atoms with Gasteiger partial charge >= 0.3 is 0 Å². The van der Waals surface area contributed by atoms with Gasteiger partial charge in [0.1, 0.15) is 5.82 Å². The number of hydrogen-bond donors (Lipinski definition) is 1. The van der Waals surface area contributed by atoms with Gasteiger partial charge in [-0.3, -0.25) is 4.79 Å². The number of nitrogens with one attached hydrogen (secondary N) is 1. The summed E-state index contributed by atoms with van der Waals surface area (Å²) in [6.45, 7) is 3.13. The molecule has 7 heteroatoms. The molecule has 0 saturated carbocycles. The van der Waals surface area contributed by atoms with Crippen LogP contribution in [-0.2, 0) is 16.1 Å². The van der Waals surface area contributed by atoms with Crippen LogP contribution in [0.3, 0.4) is 0 Å². The lowest BCUT2D eigenvalue weighted by Gasteiger charge is -2.07. The molecule has 1 heterocycles. The third-order valence-corrected chi connectivity index (χ3v) is 4.05. The molecule has 1 amide bonds. The number of benzene rings is 1. The molecule has 0 spiro atoms. The van der Waals surface area contributed by atoms with Gasteiger partial charge in [-0.15, -0.1) is 5.10 Å². The van der Waals surface area contributed by atoms with E-state index in [1.165, 1.54) is 23.9 Å². The van der Waals surface area contributed by atoms with Crippen molar-refractivity contribution < 1.29 is 13.9 Å². The summed E-state index contributed by atoms with van der Waals surface area (Å²) in [6, 6.07) is 4.46. The molecule has 1 aliphatic rings. The first-order chi connectivity index (χ1) is 11.2. The average Bonchev–Trinajstić information content (AvgIpc) is 2.94. The largest absolute Gasteiger partial charge is 0.377 e. The van der Waals surface area contributed by atoms with E-state index in [2.05, 4.69) is 22.4 Å². The van der Waals surface area contributed by atoms with Crippen LogP contribution in [0.2, 0.25) is 0 Å². The van der Waals surface area contributed by atoms with Crippen LogP contribution in [0.1, 0.15) is 37.3 Å². The first-order valence-corrected chi connectivity index (χ1v) is 8.57. The molecule has 5 nitrogen and oxygen atoms in total. The molecule has 0 radical (unpaired) electrons. The summed E-state index contributed by atoms with van der Waals surface area (Å²) in [5.74, 6) is -0.0204. The van der Waals surface area contributed by atoms with Gasteiger partial charge in [0.25, 0.3) is 0 Å². The highest BCUT2D eigenvalue weighted by Gasteiger charge is 2.15. The van der Waals surface area contributed by atoms with Crippen LogP contribution < -0.4 is 5.32 Å². The van der Waals surface area contributed by atoms with Crippen molar-refractivity contribution in [3.63, 3.8) is 0 Å². The smallest absolute Gasteiger partial charge is 0.236 e. The number of amides is 1. The van der Waals surface area contributed by atoms with Crippen molar-refractivity contribution in [2.75, 3.05) is 12.4 Å². The molecule has 1 saturated heterocycles. The van der Waals surface area contributed by atoms with Gasteiger partial charge in [0.2, 0.25) is 5.91 Å². The Morgan fingerprint density at radius 3 is 3.04 bits per heavy atom. The van der Waals surface area contributed by atoms with E-state index in [1.807, 2.05) is 0 Å². The maximum Gasteiger partial charge on any atom is 0.236 e. The summed E-state index contributed by atoms with van der Waals surface area (Å²) in [4.78, 5) is 11.0. The number of nitrogens with zero attached hydrogens (tertiary/aromatic N) is 2. The SMILES string of the molecule is CCCCCOCc1cc(F)ccc1C=NN=C1NC(=O)CS1. The van der Waals surface area contributed by atoms with Gasteiger partial charge in [-0.1, -0.05) is 37.6 Å². The fraction of sp³-hybridized carbons (Fsp3) is 0.438. The minimum Gasteiger partial charge on any atom is -0.377 e. The summed E-state index contributed by atoms with van der Waals surface area (Å²) < 4.78 is 19.0. The van der Waals surface area contributed by atoms with E-state index >= 15 is 0 Å². The fourth-order valence-corrected chi connectivity index (χ4v) is 2.62. The van der Waals surface area contributed by atoms with E-state index in [0.717, 1.165) is 30.4 Å². The van der Waals surface area contributed by atoms with E-state index in [1.54, 1.807) is 12.3 Å². The zero-order chi connectivity index (χ0) is 16.5. The third-order valence-electron chi connectivity index (χ3n) is 3.19. The number of amidine groups is 1. The Balaban J connectivity index is 1.96. The van der Waals surface area contributed by atoms with Crippen molar-refractivity contribution in [2.24, 2.45) is 10.2 Å². The standard InChI is InChI=1S/C16H20FN3O2S/c1-2-3-4-7-22-10-13-8-14(17)6-5-12(13)9-18-20-16-19-15(21)11-23-16/h5-6,8-9H,2-4,7,10-11H2,1H3,(H,19,20,21). The predicted octanol–water partition coefficient (Wildman–Crippen LogP) is 3.09. The number of ether oxygens (including phenoxy) is 1. The molecule has 0 unspecified atom stereocenters. The maximum absolute atomic E-state index is 13.4. The van der Waals surface area contributed by atoms with E-state index in [4.69, 9.17) is 4.74 Å². The zero-order valence-corrected chi connectivity index (χ0v) is 13.9. The van der Waals surface area contributed by atoms with Crippen molar-refractivity contribution >= 4 is 29.1 Å². The number of halogens is 1. The molecule has 0 aliphatic carbocycles. The second kappa shape index (κ2) is 9.42. The van der Waals surface area contributed by atoms with Crippen molar-refractivity contribution in [2.45, 2.75) is 32.8 Å². The molecule has 0 atom stereocenters. The molecule has 2 rings (SSSR count). The summed E-state index contributed by atoms with van der Waals surface area (Å²) in [6.07, 6.45) is 4.80. The number of carbonyl (C=O) groups is 1. The molecule has 0 bridgehead atoms. The number of thioether (sulfide) groups is 1. The van der Waals surface area contributed by atoms with Crippen LogP contribution in [0.5, 0.6) is 0 Å². The molecule has 1 aliphatic heterocycles. The van der Waals surface area contributed by atoms with Crippen LogP contribution >= 0.6 is 11.8 Å². The summed E-state index contributed by atoms with van der Waals surface area (Å²) >= 11 is 1.30. The lowest BCUT2D eigenvalue weighted by Crippen LogP contribution is -2.19. The lowest BCUT2D eigenvalue weighted by atomic mass is 10.1. The van der Waals surface area contributed by atoms with Gasteiger partial charge in [0.15, 0.2) is 5.17 Å². The van der Waals surface area contributed by atoms with E-state index in [9.17, 15) is 9.18 Å². The minimum atomic E-state index is -0.306. The van der Waals surface area contributed by atoms with Crippen LogP contribution in [0.15, 0.2) is 28.4 Å². The second-order valence-corrected chi connectivity index (χ2v) is 6.05. The van der Waals surface area contributed by atoms with Crippen molar-refractivity contribution in [3.8, 4) is 0 Å². The molecule has 23 heavy (non-hydrogen) atoms. The molecule has 1 aromatic carbocycles. The molecule has 1 fully saturated rings. The minimum absolute atomic E-state index is 0.0769. The summed E-state index contributed by atoms with van der Waals surface area (Å²) in [5.41, 5.74) is 1.48. The van der Waals surface area contributed by atoms with Crippen molar-refractivity contribution in [1.29, 1.82) is 0 Å². The first kappa shape index (κ1) is 17.6. The maximum atomic E-state index is 13.4. The molecular formula is C16H20FN3O2S. The topological polar surface area (TPSA) is 63.1 Å². The predicted molar refractivity (Wildman–Crippen MR) is 91.2 cm³/mol. The highest BCUT2D eigenvalue weighted by atomic mass is 32.2. The van der Waals surface area contributed by atoms with E-state index in [0.29, 0.717) is 24.1 Å². The Hall–Kier alpha value is -1.73. The molecule has 1 aromatic rings. The number of carbonyl (C=O) groups excluding carboxylic acids is 1. The van der Waals surface area contributed by atoms with Gasteiger partial charge in [-0.2, -0.15) is 5.10 Å². The lowest BCUT2D eigenvalue weighted by molar-refractivity contribution is -0.116.